The normalized spacial score (nSPS) is 17.8. The molecule has 0 aliphatic heterocycles. The molecule has 0 bridgehead atoms. The highest BCUT2D eigenvalue weighted by atomic mass is 16.5. The molecule has 2 nitrogen and oxygen atoms in total. The second-order valence-corrected chi connectivity index (χ2v) is 5.91. The van der Waals surface area contributed by atoms with Crippen LogP contribution in [0.25, 0.3) is 0 Å². The molecule has 0 spiro atoms. The van der Waals surface area contributed by atoms with Crippen LogP contribution in [0.1, 0.15) is 30.4 Å². The van der Waals surface area contributed by atoms with Crippen LogP contribution in [0, 0.1) is 0 Å². The summed E-state index contributed by atoms with van der Waals surface area (Å²) in [5, 5.41) is 10.9. The molecule has 1 atom stereocenters. The Morgan fingerprint density at radius 1 is 1.05 bits per heavy atom. The SMILES string of the molecule is COc1ccccc1CC(O)C1(c2ccccc2)CCC1. The highest BCUT2D eigenvalue weighted by Gasteiger charge is 2.44. The molecule has 110 valence electrons. The second-order valence-electron chi connectivity index (χ2n) is 5.91. The molecular formula is C19H22O2. The third-order valence-electron chi connectivity index (χ3n) is 4.84. The van der Waals surface area contributed by atoms with E-state index in [0.717, 1.165) is 24.2 Å². The lowest BCUT2D eigenvalue weighted by Crippen LogP contribution is -2.46. The minimum atomic E-state index is -0.370. The Bertz CT molecular complexity index is 588. The van der Waals surface area contributed by atoms with E-state index in [2.05, 4.69) is 24.3 Å². The molecular weight excluding hydrogens is 260 g/mol. The average molecular weight is 282 g/mol. The predicted molar refractivity (Wildman–Crippen MR) is 84.7 cm³/mol. The third-order valence-corrected chi connectivity index (χ3v) is 4.84. The summed E-state index contributed by atoms with van der Waals surface area (Å²) in [4.78, 5) is 0. The van der Waals surface area contributed by atoms with Crippen molar-refractivity contribution in [2.75, 3.05) is 7.11 Å². The van der Waals surface area contributed by atoms with Crippen molar-refractivity contribution in [3.63, 3.8) is 0 Å². The summed E-state index contributed by atoms with van der Waals surface area (Å²) in [6, 6.07) is 18.4. The van der Waals surface area contributed by atoms with Crippen molar-refractivity contribution in [1.82, 2.24) is 0 Å². The summed E-state index contributed by atoms with van der Waals surface area (Å²) in [6.45, 7) is 0. The third kappa shape index (κ3) is 2.56. The van der Waals surface area contributed by atoms with E-state index in [1.165, 1.54) is 12.0 Å². The summed E-state index contributed by atoms with van der Waals surface area (Å²) in [5.41, 5.74) is 2.26. The van der Waals surface area contributed by atoms with Crippen molar-refractivity contribution in [1.29, 1.82) is 0 Å². The number of aliphatic hydroxyl groups is 1. The van der Waals surface area contributed by atoms with E-state index in [0.29, 0.717) is 6.42 Å². The Labute approximate surface area is 126 Å². The number of benzene rings is 2. The van der Waals surface area contributed by atoms with Crippen LogP contribution in [-0.4, -0.2) is 18.3 Å². The molecule has 0 radical (unpaired) electrons. The molecule has 2 heteroatoms. The predicted octanol–water partition coefficient (Wildman–Crippen LogP) is 3.72. The maximum atomic E-state index is 10.9. The average Bonchev–Trinajstić information content (AvgIpc) is 2.48. The van der Waals surface area contributed by atoms with Crippen LogP contribution in [0.3, 0.4) is 0 Å². The number of ether oxygens (including phenoxy) is 1. The lowest BCUT2D eigenvalue weighted by Gasteiger charge is -2.46. The van der Waals surface area contributed by atoms with Crippen LogP contribution in [0.4, 0.5) is 0 Å². The number of aliphatic hydroxyl groups excluding tert-OH is 1. The van der Waals surface area contributed by atoms with Gasteiger partial charge in [0, 0.05) is 11.8 Å². The molecule has 1 saturated carbocycles. The number of rotatable bonds is 5. The zero-order valence-electron chi connectivity index (χ0n) is 12.5. The van der Waals surface area contributed by atoms with Crippen molar-refractivity contribution in [2.24, 2.45) is 0 Å². The Morgan fingerprint density at radius 2 is 1.71 bits per heavy atom. The Hall–Kier alpha value is -1.80. The largest absolute Gasteiger partial charge is 0.496 e. The maximum Gasteiger partial charge on any atom is 0.122 e. The molecule has 3 rings (SSSR count). The summed E-state index contributed by atoms with van der Waals surface area (Å²) < 4.78 is 5.41. The van der Waals surface area contributed by atoms with Gasteiger partial charge in [-0.05, 0) is 30.0 Å². The van der Waals surface area contributed by atoms with Crippen LogP contribution in [-0.2, 0) is 11.8 Å². The quantitative estimate of drug-likeness (QED) is 0.905. The molecule has 1 aliphatic carbocycles. The number of hydrogen-bond acceptors (Lipinski definition) is 2. The minimum absolute atomic E-state index is 0.0812. The fraction of sp³-hybridized carbons (Fsp3) is 0.368. The van der Waals surface area contributed by atoms with Gasteiger partial charge in [-0.25, -0.2) is 0 Å². The van der Waals surface area contributed by atoms with Gasteiger partial charge < -0.3 is 9.84 Å². The van der Waals surface area contributed by atoms with E-state index in [1.54, 1.807) is 7.11 Å². The van der Waals surface area contributed by atoms with Gasteiger partial charge in [-0.3, -0.25) is 0 Å². The number of methoxy groups -OCH3 is 1. The molecule has 1 unspecified atom stereocenters. The Morgan fingerprint density at radius 3 is 2.33 bits per heavy atom. The molecule has 1 fully saturated rings. The Kier molecular flexibility index (Phi) is 3.98. The van der Waals surface area contributed by atoms with Crippen LogP contribution in [0.15, 0.2) is 54.6 Å². The van der Waals surface area contributed by atoms with Crippen LogP contribution in [0.5, 0.6) is 5.75 Å². The molecule has 1 aliphatic rings. The van der Waals surface area contributed by atoms with Gasteiger partial charge in [0.2, 0.25) is 0 Å². The first-order valence-corrected chi connectivity index (χ1v) is 7.62. The van der Waals surface area contributed by atoms with Crippen molar-refractivity contribution < 1.29 is 9.84 Å². The van der Waals surface area contributed by atoms with Crippen molar-refractivity contribution in [3.8, 4) is 5.75 Å². The summed E-state index contributed by atoms with van der Waals surface area (Å²) in [5.74, 6) is 0.860. The van der Waals surface area contributed by atoms with Gasteiger partial charge in [0.1, 0.15) is 5.75 Å². The zero-order chi connectivity index (χ0) is 14.7. The minimum Gasteiger partial charge on any atom is -0.496 e. The second kappa shape index (κ2) is 5.90. The molecule has 0 heterocycles. The fourth-order valence-electron chi connectivity index (χ4n) is 3.42. The van der Waals surface area contributed by atoms with Crippen molar-refractivity contribution in [3.05, 3.63) is 65.7 Å². The molecule has 2 aromatic rings. The lowest BCUT2D eigenvalue weighted by atomic mass is 9.60. The number of hydrogen-bond donors (Lipinski definition) is 1. The van der Waals surface area contributed by atoms with Crippen LogP contribution < -0.4 is 4.74 Å². The van der Waals surface area contributed by atoms with E-state index in [-0.39, 0.29) is 11.5 Å². The smallest absolute Gasteiger partial charge is 0.122 e. The van der Waals surface area contributed by atoms with Gasteiger partial charge in [-0.15, -0.1) is 0 Å². The molecule has 1 N–H and O–H groups in total. The van der Waals surface area contributed by atoms with Crippen LogP contribution >= 0.6 is 0 Å². The van der Waals surface area contributed by atoms with Gasteiger partial charge in [-0.1, -0.05) is 55.0 Å². The van der Waals surface area contributed by atoms with Crippen LogP contribution in [0.2, 0.25) is 0 Å². The van der Waals surface area contributed by atoms with Gasteiger partial charge in [0.25, 0.3) is 0 Å². The molecule has 0 saturated heterocycles. The highest BCUT2D eigenvalue weighted by Crippen LogP contribution is 2.47. The van der Waals surface area contributed by atoms with Gasteiger partial charge in [-0.2, -0.15) is 0 Å². The lowest BCUT2D eigenvalue weighted by molar-refractivity contribution is 0.0282. The molecule has 2 aromatic carbocycles. The van der Waals surface area contributed by atoms with Gasteiger partial charge in [0.15, 0.2) is 0 Å². The van der Waals surface area contributed by atoms with E-state index < -0.39 is 0 Å². The Balaban J connectivity index is 1.85. The summed E-state index contributed by atoms with van der Waals surface area (Å²) >= 11 is 0. The number of para-hydroxylation sites is 1. The first kappa shape index (κ1) is 14.2. The van der Waals surface area contributed by atoms with E-state index in [1.807, 2.05) is 30.3 Å². The topological polar surface area (TPSA) is 29.5 Å². The maximum absolute atomic E-state index is 10.9. The first-order valence-electron chi connectivity index (χ1n) is 7.62. The van der Waals surface area contributed by atoms with E-state index in [9.17, 15) is 5.11 Å². The summed E-state index contributed by atoms with van der Waals surface area (Å²) in [6.07, 6.45) is 3.59. The highest BCUT2D eigenvalue weighted by molar-refractivity contribution is 5.36. The monoisotopic (exact) mass is 282 g/mol. The van der Waals surface area contributed by atoms with Gasteiger partial charge >= 0.3 is 0 Å². The molecule has 0 amide bonds. The zero-order valence-corrected chi connectivity index (χ0v) is 12.5. The standard InChI is InChI=1S/C19H22O2/c1-21-17-11-6-5-8-15(17)14-18(20)19(12-7-13-19)16-9-3-2-4-10-16/h2-6,8-11,18,20H,7,12-14H2,1H3. The van der Waals surface area contributed by atoms with E-state index in [4.69, 9.17) is 4.74 Å². The first-order chi connectivity index (χ1) is 10.3. The summed E-state index contributed by atoms with van der Waals surface area (Å²) in [7, 11) is 1.68. The molecule has 0 aromatic heterocycles. The van der Waals surface area contributed by atoms with Crippen molar-refractivity contribution in [2.45, 2.75) is 37.2 Å². The van der Waals surface area contributed by atoms with E-state index >= 15 is 0 Å². The molecule has 21 heavy (non-hydrogen) atoms. The van der Waals surface area contributed by atoms with Gasteiger partial charge in [0.05, 0.1) is 13.2 Å². The van der Waals surface area contributed by atoms with Crippen molar-refractivity contribution >= 4 is 0 Å². The fourth-order valence-corrected chi connectivity index (χ4v) is 3.42.